The van der Waals surface area contributed by atoms with Crippen LogP contribution in [0.3, 0.4) is 0 Å². The Morgan fingerprint density at radius 1 is 0.500 bits per heavy atom. The number of rotatable bonds is 24. The summed E-state index contributed by atoms with van der Waals surface area (Å²) in [5.41, 5.74) is 1.12. The van der Waals surface area contributed by atoms with Gasteiger partial charge in [-0.05, 0) is 59.3 Å². The van der Waals surface area contributed by atoms with Crippen LogP contribution >= 0.6 is 0 Å². The molecule has 0 unspecified atom stereocenters. The highest BCUT2D eigenvalue weighted by Gasteiger charge is 2.13. The number of quaternary nitrogens is 1. The summed E-state index contributed by atoms with van der Waals surface area (Å²) in [6.07, 6.45) is 18.7. The van der Waals surface area contributed by atoms with Gasteiger partial charge < -0.3 is 31.1 Å². The van der Waals surface area contributed by atoms with Crippen molar-refractivity contribution in [3.05, 3.63) is 36.5 Å². The summed E-state index contributed by atoms with van der Waals surface area (Å²) in [5, 5.41) is 0. The third-order valence-corrected chi connectivity index (χ3v) is 6.60. The number of halogens is 1. The SMILES string of the molecule is C=C(C)C(=O)OCCCCCC[N+](C)(C)CCCCCCCCCCCC.C=C(C)C(=O)OCCOC(=O)C(=C)C.[Cl-]. The standard InChI is InChI=1S/C24H48NO2.C10H14O4.ClH/c1-6-7-8-9-10-11-12-13-14-17-20-25(4,5)21-18-15-16-19-22-27-24(26)23(2)3;1-7(2)9(11)13-5-6-14-10(12)8(3)4;/h2,6-22H2,1,3-5H3;1,3,5-6H2,2,4H3;1H/q+1;;/p-1. The predicted molar refractivity (Wildman–Crippen MR) is 169 cm³/mol. The molecule has 0 bridgehead atoms. The van der Waals surface area contributed by atoms with Crippen molar-refractivity contribution in [1.82, 2.24) is 0 Å². The first-order chi connectivity index (χ1) is 19.3. The van der Waals surface area contributed by atoms with Crippen molar-refractivity contribution < 1.29 is 45.5 Å². The van der Waals surface area contributed by atoms with E-state index < -0.39 is 11.9 Å². The molecule has 0 aromatic rings. The van der Waals surface area contributed by atoms with Crippen molar-refractivity contribution in [2.24, 2.45) is 0 Å². The van der Waals surface area contributed by atoms with Gasteiger partial charge in [0.05, 0.1) is 33.8 Å². The lowest BCUT2D eigenvalue weighted by Gasteiger charge is -2.30. The Morgan fingerprint density at radius 2 is 0.786 bits per heavy atom. The van der Waals surface area contributed by atoms with Crippen LogP contribution in [0.25, 0.3) is 0 Å². The van der Waals surface area contributed by atoms with Crippen LogP contribution in [0.5, 0.6) is 0 Å². The molecule has 7 nitrogen and oxygen atoms in total. The van der Waals surface area contributed by atoms with Gasteiger partial charge in [-0.25, -0.2) is 14.4 Å². The van der Waals surface area contributed by atoms with Gasteiger partial charge in [-0.15, -0.1) is 0 Å². The summed E-state index contributed by atoms with van der Waals surface area (Å²) in [5.74, 6) is -1.24. The van der Waals surface area contributed by atoms with E-state index in [1.54, 1.807) is 20.8 Å². The number of nitrogens with zero attached hydrogens (tertiary/aromatic N) is 1. The molecule has 0 saturated carbocycles. The van der Waals surface area contributed by atoms with Crippen LogP contribution in [0.15, 0.2) is 36.5 Å². The van der Waals surface area contributed by atoms with E-state index >= 15 is 0 Å². The van der Waals surface area contributed by atoms with Crippen LogP contribution in [0.2, 0.25) is 0 Å². The lowest BCUT2D eigenvalue weighted by molar-refractivity contribution is -0.890. The van der Waals surface area contributed by atoms with E-state index in [1.165, 1.54) is 90.1 Å². The fourth-order valence-electron chi connectivity index (χ4n) is 3.94. The molecule has 0 spiro atoms. The minimum absolute atomic E-state index is 0. The summed E-state index contributed by atoms with van der Waals surface area (Å²) in [6, 6.07) is 0. The van der Waals surface area contributed by atoms with Crippen LogP contribution in [-0.4, -0.2) is 69.4 Å². The first-order valence-electron chi connectivity index (χ1n) is 15.6. The molecule has 0 fully saturated rings. The lowest BCUT2D eigenvalue weighted by atomic mass is 10.1. The second-order valence-corrected chi connectivity index (χ2v) is 11.7. The van der Waals surface area contributed by atoms with Crippen molar-refractivity contribution in [2.75, 3.05) is 47.0 Å². The number of ether oxygens (including phenoxy) is 3. The third kappa shape index (κ3) is 30.8. The molecule has 0 saturated heterocycles. The molecule has 0 aliphatic rings. The van der Waals surface area contributed by atoms with Gasteiger partial charge in [0, 0.05) is 16.7 Å². The zero-order chi connectivity index (χ0) is 31.5. The summed E-state index contributed by atoms with van der Waals surface area (Å²) in [4.78, 5) is 33.0. The van der Waals surface area contributed by atoms with Crippen molar-refractivity contribution in [2.45, 2.75) is 118 Å². The van der Waals surface area contributed by atoms with Gasteiger partial charge in [0.1, 0.15) is 13.2 Å². The maximum absolute atomic E-state index is 11.3. The molecule has 0 aromatic heterocycles. The fourth-order valence-corrected chi connectivity index (χ4v) is 3.94. The second kappa shape index (κ2) is 29.0. The predicted octanol–water partition coefficient (Wildman–Crippen LogP) is 4.89. The maximum atomic E-state index is 11.3. The topological polar surface area (TPSA) is 78.9 Å². The first-order valence-corrected chi connectivity index (χ1v) is 15.6. The van der Waals surface area contributed by atoms with Gasteiger partial charge in [-0.2, -0.15) is 0 Å². The van der Waals surface area contributed by atoms with Crippen LogP contribution in [0, 0.1) is 0 Å². The van der Waals surface area contributed by atoms with Gasteiger partial charge in [0.15, 0.2) is 0 Å². The van der Waals surface area contributed by atoms with Crippen molar-refractivity contribution in [3.63, 3.8) is 0 Å². The van der Waals surface area contributed by atoms with E-state index in [1.807, 2.05) is 0 Å². The molecule has 0 amide bonds. The van der Waals surface area contributed by atoms with Gasteiger partial charge >= 0.3 is 17.9 Å². The Morgan fingerprint density at radius 3 is 1.12 bits per heavy atom. The van der Waals surface area contributed by atoms with E-state index in [4.69, 9.17) is 4.74 Å². The molecule has 0 N–H and O–H groups in total. The molecular formula is C34H62ClNO6. The quantitative estimate of drug-likeness (QED) is 0.0506. The van der Waals surface area contributed by atoms with Crippen LogP contribution in [0.4, 0.5) is 0 Å². The molecule has 0 rings (SSSR count). The highest BCUT2D eigenvalue weighted by molar-refractivity contribution is 5.87. The monoisotopic (exact) mass is 615 g/mol. The van der Waals surface area contributed by atoms with Crippen LogP contribution < -0.4 is 12.4 Å². The van der Waals surface area contributed by atoms with Crippen LogP contribution in [-0.2, 0) is 28.6 Å². The molecule has 246 valence electrons. The normalized spacial score (nSPS) is 10.4. The number of esters is 3. The first kappa shape index (κ1) is 44.3. The van der Waals surface area contributed by atoms with Crippen molar-refractivity contribution in [3.8, 4) is 0 Å². The zero-order valence-corrected chi connectivity index (χ0v) is 28.6. The Kier molecular flexibility index (Phi) is 30.6. The number of carbonyl (C=O) groups excluding carboxylic acids is 3. The van der Waals surface area contributed by atoms with Crippen molar-refractivity contribution in [1.29, 1.82) is 0 Å². The smallest absolute Gasteiger partial charge is 0.333 e. The minimum Gasteiger partial charge on any atom is -1.00 e. The highest BCUT2D eigenvalue weighted by atomic mass is 35.5. The molecule has 8 heteroatoms. The van der Waals surface area contributed by atoms with E-state index in [0.717, 1.165) is 17.3 Å². The molecular weight excluding hydrogens is 554 g/mol. The average molecular weight is 616 g/mol. The van der Waals surface area contributed by atoms with Crippen LogP contribution in [0.1, 0.15) is 118 Å². The summed E-state index contributed by atoms with van der Waals surface area (Å²) in [7, 11) is 4.73. The van der Waals surface area contributed by atoms with E-state index in [-0.39, 0.29) is 31.6 Å². The van der Waals surface area contributed by atoms with E-state index in [0.29, 0.717) is 23.3 Å². The molecule has 0 heterocycles. The Labute approximate surface area is 264 Å². The molecule has 0 aliphatic carbocycles. The molecule has 0 aliphatic heterocycles. The number of hydrogen-bond donors (Lipinski definition) is 0. The Hall–Kier alpha value is -2.12. The van der Waals surface area contributed by atoms with E-state index in [9.17, 15) is 14.4 Å². The summed E-state index contributed by atoms with van der Waals surface area (Å²) in [6.45, 7) is 20.6. The Balaban J connectivity index is -0.000000857. The largest absolute Gasteiger partial charge is 1.00 e. The van der Waals surface area contributed by atoms with Gasteiger partial charge in [-0.3, -0.25) is 0 Å². The van der Waals surface area contributed by atoms with E-state index in [2.05, 4.69) is 50.2 Å². The number of hydrogen-bond acceptors (Lipinski definition) is 6. The molecule has 0 radical (unpaired) electrons. The number of carbonyl (C=O) groups is 3. The second-order valence-electron chi connectivity index (χ2n) is 11.7. The molecule has 42 heavy (non-hydrogen) atoms. The Bertz CT molecular complexity index is 750. The zero-order valence-electron chi connectivity index (χ0n) is 27.8. The van der Waals surface area contributed by atoms with Crippen molar-refractivity contribution >= 4 is 17.9 Å². The molecule has 0 atom stereocenters. The molecule has 0 aromatic carbocycles. The summed E-state index contributed by atoms with van der Waals surface area (Å²) < 4.78 is 15.6. The maximum Gasteiger partial charge on any atom is 0.333 e. The lowest BCUT2D eigenvalue weighted by Crippen LogP contribution is -3.00. The third-order valence-electron chi connectivity index (χ3n) is 6.60. The van der Waals surface area contributed by atoms with Gasteiger partial charge in [-0.1, -0.05) is 78.0 Å². The summed E-state index contributed by atoms with van der Waals surface area (Å²) >= 11 is 0. The van der Waals surface area contributed by atoms with Gasteiger partial charge in [0.25, 0.3) is 0 Å². The minimum atomic E-state index is -0.489. The fraction of sp³-hybridized carbons (Fsp3) is 0.735. The highest BCUT2D eigenvalue weighted by Crippen LogP contribution is 2.13. The average Bonchev–Trinajstić information content (AvgIpc) is 2.91. The number of unbranched alkanes of at least 4 members (excludes halogenated alkanes) is 12. The van der Waals surface area contributed by atoms with Gasteiger partial charge in [0.2, 0.25) is 0 Å².